The molecule has 0 bridgehead atoms. The van der Waals surface area contributed by atoms with Gasteiger partial charge in [-0.3, -0.25) is 10.1 Å². The number of nitrogens with one attached hydrogen (secondary N) is 2. The molecule has 1 aliphatic rings. The van der Waals surface area contributed by atoms with Crippen LogP contribution in [0.25, 0.3) is 5.69 Å². The number of hydrogen-bond donors (Lipinski definition) is 2. The van der Waals surface area contributed by atoms with Crippen molar-refractivity contribution >= 4 is 11.9 Å². The molecule has 0 aliphatic carbocycles. The van der Waals surface area contributed by atoms with E-state index in [1.165, 1.54) is 11.0 Å². The number of piperidine rings is 1. The van der Waals surface area contributed by atoms with E-state index in [1.54, 1.807) is 11.7 Å². The monoisotopic (exact) mass is 352 g/mol. The van der Waals surface area contributed by atoms with Gasteiger partial charge in [0.2, 0.25) is 5.95 Å². The fourth-order valence-electron chi connectivity index (χ4n) is 2.98. The van der Waals surface area contributed by atoms with Gasteiger partial charge in [-0.2, -0.15) is 20.0 Å². The van der Waals surface area contributed by atoms with Gasteiger partial charge in [-0.25, -0.2) is 4.68 Å². The lowest BCUT2D eigenvalue weighted by Gasteiger charge is -2.19. The first kappa shape index (κ1) is 16.4. The summed E-state index contributed by atoms with van der Waals surface area (Å²) in [5.74, 6) is 1.15. The molecule has 2 N–H and O–H groups in total. The maximum atomic E-state index is 12.5. The summed E-state index contributed by atoms with van der Waals surface area (Å²) in [4.78, 5) is 18.4. The van der Waals surface area contributed by atoms with Crippen LogP contribution in [0.1, 0.15) is 35.1 Å². The van der Waals surface area contributed by atoms with E-state index in [9.17, 15) is 4.79 Å². The minimum atomic E-state index is -0.362. The number of carbonyl (C=O) groups is 1. The molecule has 0 spiro atoms. The van der Waals surface area contributed by atoms with Crippen LogP contribution in [0, 0.1) is 0 Å². The van der Waals surface area contributed by atoms with Crippen LogP contribution in [-0.2, 0) is 7.05 Å². The first-order chi connectivity index (χ1) is 12.7. The van der Waals surface area contributed by atoms with Crippen molar-refractivity contribution in [2.24, 2.45) is 7.05 Å². The largest absolute Gasteiger partial charge is 0.317 e. The van der Waals surface area contributed by atoms with Crippen LogP contribution in [0.15, 0.2) is 36.5 Å². The molecule has 26 heavy (non-hydrogen) atoms. The Labute approximate surface area is 150 Å². The molecular weight excluding hydrogens is 332 g/mol. The average molecular weight is 352 g/mol. The molecule has 3 aromatic rings. The molecule has 1 saturated heterocycles. The molecule has 2 aromatic heterocycles. The first-order valence-corrected chi connectivity index (χ1v) is 8.61. The summed E-state index contributed by atoms with van der Waals surface area (Å²) in [5.41, 5.74) is 1.01. The number of rotatable bonds is 4. The molecule has 0 saturated carbocycles. The minimum Gasteiger partial charge on any atom is -0.317 e. The topological polar surface area (TPSA) is 103 Å². The molecule has 134 valence electrons. The third-order valence-corrected chi connectivity index (χ3v) is 4.42. The van der Waals surface area contributed by atoms with E-state index in [4.69, 9.17) is 0 Å². The lowest BCUT2D eigenvalue weighted by molar-refractivity contribution is 0.102. The molecule has 9 nitrogen and oxygen atoms in total. The second-order valence-electron chi connectivity index (χ2n) is 6.25. The molecule has 1 amide bonds. The van der Waals surface area contributed by atoms with E-state index >= 15 is 0 Å². The standard InChI is InChI=1S/C17H20N8O/c1-24-17(20-15(23-24)12-7-9-18-10-8-12)21-16(26)14-11-19-25(22-14)13-5-3-2-4-6-13/h2-6,11-12,18H,7-10H2,1H3,(H,20,21,23,26). The quantitative estimate of drug-likeness (QED) is 0.729. The Morgan fingerprint density at radius 1 is 1.19 bits per heavy atom. The van der Waals surface area contributed by atoms with Crippen molar-refractivity contribution in [3.8, 4) is 5.69 Å². The predicted octanol–water partition coefficient (Wildman–Crippen LogP) is 1.12. The van der Waals surface area contributed by atoms with Crippen molar-refractivity contribution in [2.45, 2.75) is 18.8 Å². The minimum absolute atomic E-state index is 0.222. The Bertz CT molecular complexity index is 895. The number of carbonyl (C=O) groups excluding carboxylic acids is 1. The van der Waals surface area contributed by atoms with Gasteiger partial charge in [0.15, 0.2) is 11.5 Å². The van der Waals surface area contributed by atoms with Gasteiger partial charge in [0, 0.05) is 13.0 Å². The fraction of sp³-hybridized carbons (Fsp3) is 0.353. The number of hydrogen-bond acceptors (Lipinski definition) is 6. The number of nitrogens with zero attached hydrogens (tertiary/aromatic N) is 6. The van der Waals surface area contributed by atoms with E-state index in [-0.39, 0.29) is 11.6 Å². The second-order valence-corrected chi connectivity index (χ2v) is 6.25. The molecule has 9 heteroatoms. The summed E-state index contributed by atoms with van der Waals surface area (Å²) in [6.07, 6.45) is 3.44. The maximum Gasteiger partial charge on any atom is 0.280 e. The summed E-state index contributed by atoms with van der Waals surface area (Å²) in [5, 5.41) is 18.9. The summed E-state index contributed by atoms with van der Waals surface area (Å²) in [6.45, 7) is 1.93. The predicted molar refractivity (Wildman–Crippen MR) is 95.2 cm³/mol. The highest BCUT2D eigenvalue weighted by molar-refractivity contribution is 6.01. The SMILES string of the molecule is Cn1nc(C2CCNCC2)nc1NC(=O)c1cnn(-c2ccccc2)n1. The summed E-state index contributed by atoms with van der Waals surface area (Å²) < 4.78 is 1.59. The molecule has 0 radical (unpaired) electrons. The molecule has 1 aliphatic heterocycles. The molecule has 1 fully saturated rings. The Morgan fingerprint density at radius 3 is 2.73 bits per heavy atom. The van der Waals surface area contributed by atoms with Crippen LogP contribution in [-0.4, -0.2) is 48.8 Å². The molecule has 3 heterocycles. The normalized spacial score (nSPS) is 15.1. The van der Waals surface area contributed by atoms with Crippen molar-refractivity contribution in [3.05, 3.63) is 48.0 Å². The Kier molecular flexibility index (Phi) is 4.44. The van der Waals surface area contributed by atoms with Gasteiger partial charge in [0.25, 0.3) is 5.91 Å². The van der Waals surface area contributed by atoms with Crippen molar-refractivity contribution in [1.82, 2.24) is 35.1 Å². The van der Waals surface area contributed by atoms with Gasteiger partial charge in [0.05, 0.1) is 11.9 Å². The van der Waals surface area contributed by atoms with Crippen LogP contribution in [0.2, 0.25) is 0 Å². The smallest absolute Gasteiger partial charge is 0.280 e. The first-order valence-electron chi connectivity index (χ1n) is 8.61. The van der Waals surface area contributed by atoms with E-state index in [1.807, 2.05) is 30.3 Å². The highest BCUT2D eigenvalue weighted by Crippen LogP contribution is 2.23. The van der Waals surface area contributed by atoms with Gasteiger partial charge >= 0.3 is 0 Å². The number of anilines is 1. The summed E-state index contributed by atoms with van der Waals surface area (Å²) in [6, 6.07) is 9.43. The van der Waals surface area contributed by atoms with Crippen LogP contribution < -0.4 is 10.6 Å². The van der Waals surface area contributed by atoms with Crippen molar-refractivity contribution < 1.29 is 4.79 Å². The van der Waals surface area contributed by atoms with E-state index in [0.29, 0.717) is 11.9 Å². The Hall–Kier alpha value is -3.07. The third kappa shape index (κ3) is 3.33. The second kappa shape index (κ2) is 7.04. The summed E-state index contributed by atoms with van der Waals surface area (Å²) >= 11 is 0. The molecule has 4 rings (SSSR count). The lowest BCUT2D eigenvalue weighted by Crippen LogP contribution is -2.27. The van der Waals surface area contributed by atoms with Gasteiger partial charge in [-0.1, -0.05) is 18.2 Å². The molecule has 0 unspecified atom stereocenters. The highest BCUT2D eigenvalue weighted by atomic mass is 16.2. The fourth-order valence-corrected chi connectivity index (χ4v) is 2.98. The van der Waals surface area contributed by atoms with Crippen molar-refractivity contribution in [1.29, 1.82) is 0 Å². The van der Waals surface area contributed by atoms with E-state index < -0.39 is 0 Å². The Balaban J connectivity index is 1.48. The Morgan fingerprint density at radius 2 is 1.96 bits per heavy atom. The number of aromatic nitrogens is 6. The van der Waals surface area contributed by atoms with Gasteiger partial charge in [-0.05, 0) is 38.1 Å². The number of para-hydroxylation sites is 1. The zero-order chi connectivity index (χ0) is 17.9. The van der Waals surface area contributed by atoms with Gasteiger partial charge < -0.3 is 5.32 Å². The van der Waals surface area contributed by atoms with E-state index in [0.717, 1.165) is 37.4 Å². The molecule has 0 atom stereocenters. The van der Waals surface area contributed by atoms with Crippen molar-refractivity contribution in [2.75, 3.05) is 18.4 Å². The molecular formula is C17H20N8O. The highest BCUT2D eigenvalue weighted by Gasteiger charge is 2.22. The van der Waals surface area contributed by atoms with Crippen LogP contribution >= 0.6 is 0 Å². The number of benzene rings is 1. The molecule has 1 aromatic carbocycles. The average Bonchev–Trinajstić information content (AvgIpc) is 3.31. The van der Waals surface area contributed by atoms with Crippen molar-refractivity contribution in [3.63, 3.8) is 0 Å². The van der Waals surface area contributed by atoms with Gasteiger partial charge in [-0.15, -0.1) is 5.10 Å². The van der Waals surface area contributed by atoms with Gasteiger partial charge in [0.1, 0.15) is 0 Å². The number of amides is 1. The lowest BCUT2D eigenvalue weighted by atomic mass is 9.98. The summed E-state index contributed by atoms with van der Waals surface area (Å²) in [7, 11) is 1.77. The van der Waals surface area contributed by atoms with E-state index in [2.05, 4.69) is 30.9 Å². The van der Waals surface area contributed by atoms with Crippen LogP contribution in [0.5, 0.6) is 0 Å². The number of aryl methyl sites for hydroxylation is 1. The zero-order valence-electron chi connectivity index (χ0n) is 14.5. The van der Waals surface area contributed by atoms with Crippen LogP contribution in [0.3, 0.4) is 0 Å². The maximum absolute atomic E-state index is 12.5. The zero-order valence-corrected chi connectivity index (χ0v) is 14.5. The van der Waals surface area contributed by atoms with Crippen LogP contribution in [0.4, 0.5) is 5.95 Å². The third-order valence-electron chi connectivity index (χ3n) is 4.42.